The van der Waals surface area contributed by atoms with Crippen LogP contribution in [0.1, 0.15) is 12.5 Å². The normalized spacial score (nSPS) is 11.8. The van der Waals surface area contributed by atoms with Crippen molar-refractivity contribution in [3.63, 3.8) is 0 Å². The fourth-order valence-corrected chi connectivity index (χ4v) is 3.31. The van der Waals surface area contributed by atoms with Crippen molar-refractivity contribution >= 4 is 23.2 Å². The first kappa shape index (κ1) is 23.3. The van der Waals surface area contributed by atoms with Gasteiger partial charge in [0.25, 0.3) is 5.91 Å². The van der Waals surface area contributed by atoms with Gasteiger partial charge in [0, 0.05) is 16.7 Å². The van der Waals surface area contributed by atoms with Crippen molar-refractivity contribution in [2.24, 2.45) is 0 Å². The van der Waals surface area contributed by atoms with Crippen molar-refractivity contribution < 1.29 is 19.0 Å². The van der Waals surface area contributed by atoms with E-state index in [0.717, 1.165) is 16.9 Å². The predicted molar refractivity (Wildman–Crippen MR) is 128 cm³/mol. The standard InChI is InChI=1S/C24H24ClN5O4/c1-15-14-19(8-9-20(15)25)34-16(2)24(31)26-12-13-33-22-11-10-21-27-28-23(30(21)29-22)17-4-6-18(32-3)7-5-17/h4-11,14,16H,12-13H2,1-3H3,(H,26,31). The van der Waals surface area contributed by atoms with E-state index >= 15 is 0 Å². The van der Waals surface area contributed by atoms with Crippen LogP contribution in [0, 0.1) is 6.92 Å². The number of benzene rings is 2. The fraction of sp³-hybridized carbons (Fsp3) is 0.250. The molecule has 4 rings (SSSR count). The Morgan fingerprint density at radius 2 is 1.85 bits per heavy atom. The lowest BCUT2D eigenvalue weighted by Crippen LogP contribution is -2.38. The molecule has 176 valence electrons. The van der Waals surface area contributed by atoms with Gasteiger partial charge in [-0.05, 0) is 67.9 Å². The minimum absolute atomic E-state index is 0.233. The highest BCUT2D eigenvalue weighted by Gasteiger charge is 2.15. The Kier molecular flexibility index (Phi) is 7.12. The number of rotatable bonds is 9. The lowest BCUT2D eigenvalue weighted by atomic mass is 10.2. The Bertz CT molecular complexity index is 1290. The first-order valence-electron chi connectivity index (χ1n) is 10.6. The van der Waals surface area contributed by atoms with Crippen LogP contribution < -0.4 is 19.5 Å². The molecule has 34 heavy (non-hydrogen) atoms. The minimum atomic E-state index is -0.667. The number of hydrogen-bond donors (Lipinski definition) is 1. The third-order valence-corrected chi connectivity index (χ3v) is 5.47. The zero-order valence-corrected chi connectivity index (χ0v) is 19.7. The van der Waals surface area contributed by atoms with Crippen LogP contribution in [0.3, 0.4) is 0 Å². The first-order valence-corrected chi connectivity index (χ1v) is 11.0. The number of nitrogens with zero attached hydrogens (tertiary/aromatic N) is 4. The summed E-state index contributed by atoms with van der Waals surface area (Å²) in [6.07, 6.45) is -0.667. The number of fused-ring (bicyclic) bond motifs is 1. The number of carbonyl (C=O) groups is 1. The van der Waals surface area contributed by atoms with Crippen LogP contribution in [0.25, 0.3) is 17.0 Å². The quantitative estimate of drug-likeness (QED) is 0.363. The number of ether oxygens (including phenoxy) is 3. The average molecular weight is 482 g/mol. The van der Waals surface area contributed by atoms with Gasteiger partial charge in [-0.25, -0.2) is 0 Å². The van der Waals surface area contributed by atoms with E-state index in [1.54, 1.807) is 48.9 Å². The molecule has 1 atom stereocenters. The number of hydrogen-bond acceptors (Lipinski definition) is 7. The highest BCUT2D eigenvalue weighted by molar-refractivity contribution is 6.31. The zero-order chi connectivity index (χ0) is 24.1. The molecule has 9 nitrogen and oxygen atoms in total. The molecular weight excluding hydrogens is 458 g/mol. The summed E-state index contributed by atoms with van der Waals surface area (Å²) in [5, 5.41) is 16.3. The fourth-order valence-electron chi connectivity index (χ4n) is 3.19. The molecule has 0 aliphatic carbocycles. The summed E-state index contributed by atoms with van der Waals surface area (Å²) in [7, 11) is 1.61. The molecule has 0 bridgehead atoms. The van der Waals surface area contributed by atoms with Crippen molar-refractivity contribution in [3.8, 4) is 28.8 Å². The number of aryl methyl sites for hydroxylation is 1. The van der Waals surface area contributed by atoms with Gasteiger partial charge in [-0.2, -0.15) is 4.52 Å². The third kappa shape index (κ3) is 5.37. The van der Waals surface area contributed by atoms with Gasteiger partial charge in [-0.15, -0.1) is 15.3 Å². The van der Waals surface area contributed by atoms with Crippen molar-refractivity contribution in [3.05, 3.63) is 65.2 Å². The van der Waals surface area contributed by atoms with E-state index in [4.69, 9.17) is 25.8 Å². The summed E-state index contributed by atoms with van der Waals surface area (Å²) >= 11 is 6.02. The largest absolute Gasteiger partial charge is 0.497 e. The van der Waals surface area contributed by atoms with E-state index in [0.29, 0.717) is 34.7 Å². The highest BCUT2D eigenvalue weighted by atomic mass is 35.5. The van der Waals surface area contributed by atoms with Gasteiger partial charge in [0.15, 0.2) is 17.6 Å². The Morgan fingerprint density at radius 3 is 2.59 bits per heavy atom. The van der Waals surface area contributed by atoms with E-state index in [2.05, 4.69) is 20.6 Å². The third-order valence-electron chi connectivity index (χ3n) is 5.05. The van der Waals surface area contributed by atoms with Gasteiger partial charge in [0.2, 0.25) is 5.88 Å². The van der Waals surface area contributed by atoms with Gasteiger partial charge in [-0.1, -0.05) is 11.6 Å². The molecule has 1 N–H and O–H groups in total. The van der Waals surface area contributed by atoms with Gasteiger partial charge in [0.1, 0.15) is 18.1 Å². The summed E-state index contributed by atoms with van der Waals surface area (Å²) in [5.74, 6) is 2.05. The van der Waals surface area contributed by atoms with Crippen LogP contribution in [-0.4, -0.2) is 52.1 Å². The number of methoxy groups -OCH3 is 1. The van der Waals surface area contributed by atoms with Crippen LogP contribution in [-0.2, 0) is 4.79 Å². The highest BCUT2D eigenvalue weighted by Crippen LogP contribution is 2.23. The van der Waals surface area contributed by atoms with E-state index in [1.807, 2.05) is 31.2 Å². The number of nitrogens with one attached hydrogen (secondary N) is 1. The second-order valence-corrected chi connectivity index (χ2v) is 7.91. The molecule has 4 aromatic rings. The molecule has 2 aromatic heterocycles. The molecule has 2 aromatic carbocycles. The maximum atomic E-state index is 12.3. The molecule has 0 aliphatic rings. The summed E-state index contributed by atoms with van der Waals surface area (Å²) in [6, 6.07) is 16.2. The lowest BCUT2D eigenvalue weighted by molar-refractivity contribution is -0.127. The smallest absolute Gasteiger partial charge is 0.260 e. The summed E-state index contributed by atoms with van der Waals surface area (Å²) in [6.45, 7) is 4.08. The number of amides is 1. The van der Waals surface area contributed by atoms with E-state index in [9.17, 15) is 4.79 Å². The average Bonchev–Trinajstić information content (AvgIpc) is 3.27. The molecule has 10 heteroatoms. The van der Waals surface area contributed by atoms with Crippen molar-refractivity contribution in [1.29, 1.82) is 0 Å². The molecule has 0 radical (unpaired) electrons. The van der Waals surface area contributed by atoms with E-state index in [1.165, 1.54) is 0 Å². The Morgan fingerprint density at radius 1 is 1.09 bits per heavy atom. The van der Waals surface area contributed by atoms with E-state index in [-0.39, 0.29) is 12.5 Å². The molecule has 0 aliphatic heterocycles. The molecule has 0 spiro atoms. The van der Waals surface area contributed by atoms with Crippen LogP contribution in [0.5, 0.6) is 17.4 Å². The van der Waals surface area contributed by atoms with Crippen LogP contribution in [0.2, 0.25) is 5.02 Å². The monoisotopic (exact) mass is 481 g/mol. The number of carbonyl (C=O) groups excluding carboxylic acids is 1. The maximum absolute atomic E-state index is 12.3. The SMILES string of the molecule is COc1ccc(-c2nnc3ccc(OCCNC(=O)C(C)Oc4ccc(Cl)c(C)c4)nn23)cc1. The predicted octanol–water partition coefficient (Wildman–Crippen LogP) is 3.72. The van der Waals surface area contributed by atoms with Crippen LogP contribution in [0.4, 0.5) is 0 Å². The Balaban J connectivity index is 1.31. The zero-order valence-electron chi connectivity index (χ0n) is 19.0. The van der Waals surface area contributed by atoms with Crippen LogP contribution in [0.15, 0.2) is 54.6 Å². The first-order chi connectivity index (χ1) is 16.4. The van der Waals surface area contributed by atoms with Gasteiger partial charge >= 0.3 is 0 Å². The van der Waals surface area contributed by atoms with Crippen molar-refractivity contribution in [2.45, 2.75) is 20.0 Å². The summed E-state index contributed by atoms with van der Waals surface area (Å²) in [4.78, 5) is 12.3. The second kappa shape index (κ2) is 10.4. The second-order valence-electron chi connectivity index (χ2n) is 7.50. The van der Waals surface area contributed by atoms with Gasteiger partial charge in [-0.3, -0.25) is 4.79 Å². The molecule has 1 unspecified atom stereocenters. The molecule has 1 amide bonds. The summed E-state index contributed by atoms with van der Waals surface area (Å²) < 4.78 is 18.2. The lowest BCUT2D eigenvalue weighted by Gasteiger charge is -2.15. The molecular formula is C24H24ClN5O4. The summed E-state index contributed by atoms with van der Waals surface area (Å²) in [5.41, 5.74) is 2.32. The van der Waals surface area contributed by atoms with Gasteiger partial charge in [0.05, 0.1) is 13.7 Å². The Labute approximate surface area is 201 Å². The Hall–Kier alpha value is -3.85. The minimum Gasteiger partial charge on any atom is -0.497 e. The molecule has 0 saturated heterocycles. The van der Waals surface area contributed by atoms with Gasteiger partial charge < -0.3 is 19.5 Å². The van der Waals surface area contributed by atoms with Crippen LogP contribution >= 0.6 is 11.6 Å². The van der Waals surface area contributed by atoms with E-state index < -0.39 is 6.10 Å². The molecule has 0 fully saturated rings. The number of halogens is 1. The number of aromatic nitrogens is 4. The maximum Gasteiger partial charge on any atom is 0.260 e. The van der Waals surface area contributed by atoms with Crippen molar-refractivity contribution in [2.75, 3.05) is 20.3 Å². The van der Waals surface area contributed by atoms with Crippen molar-refractivity contribution in [1.82, 2.24) is 25.1 Å². The molecule has 0 saturated carbocycles. The topological polar surface area (TPSA) is 99.9 Å². The molecule has 2 heterocycles.